The summed E-state index contributed by atoms with van der Waals surface area (Å²) in [5, 5.41) is 0. The van der Waals surface area contributed by atoms with E-state index in [1.807, 2.05) is 36.4 Å². The van der Waals surface area contributed by atoms with Crippen LogP contribution >= 0.6 is 15.9 Å². The highest BCUT2D eigenvalue weighted by Gasteiger charge is 2.13. The molecule has 2 aromatic carbocycles. The zero-order chi connectivity index (χ0) is 18.2. The van der Waals surface area contributed by atoms with Crippen LogP contribution in [0.5, 0.6) is 0 Å². The molecule has 0 atom stereocenters. The summed E-state index contributed by atoms with van der Waals surface area (Å²) in [5.41, 5.74) is 1.89. The second-order valence-electron chi connectivity index (χ2n) is 4.95. The monoisotopic (exact) mass is 401 g/mol. The Balaban J connectivity index is 2.32. The molecule has 0 unspecified atom stereocenters. The van der Waals surface area contributed by atoms with Crippen LogP contribution in [0.15, 0.2) is 58.0 Å². The molecule has 25 heavy (non-hydrogen) atoms. The minimum Gasteiger partial charge on any atom is -0.465 e. The number of halogens is 1. The second kappa shape index (κ2) is 8.94. The van der Waals surface area contributed by atoms with E-state index < -0.39 is 11.9 Å². The lowest BCUT2D eigenvalue weighted by molar-refractivity contribution is 0.0599. The van der Waals surface area contributed by atoms with Crippen molar-refractivity contribution < 1.29 is 19.1 Å². The van der Waals surface area contributed by atoms with Gasteiger partial charge in [0, 0.05) is 10.7 Å². The molecule has 0 N–H and O–H groups in total. The van der Waals surface area contributed by atoms with Gasteiger partial charge in [-0.2, -0.15) is 0 Å². The lowest BCUT2D eigenvalue weighted by Crippen LogP contribution is -2.06. The van der Waals surface area contributed by atoms with Crippen LogP contribution in [0.25, 0.3) is 6.08 Å². The summed E-state index contributed by atoms with van der Waals surface area (Å²) in [5.74, 6) is -1.11. The molecule has 2 rings (SSSR count). The van der Waals surface area contributed by atoms with Crippen molar-refractivity contribution >= 4 is 45.8 Å². The maximum absolute atomic E-state index is 11.8. The van der Waals surface area contributed by atoms with Crippen molar-refractivity contribution in [3.8, 4) is 0 Å². The highest BCUT2D eigenvalue weighted by Crippen LogP contribution is 2.20. The fraction of sp³-hybridized carbons (Fsp3) is 0.105. The van der Waals surface area contributed by atoms with Crippen molar-refractivity contribution in [2.45, 2.75) is 0 Å². The zero-order valence-electron chi connectivity index (χ0n) is 13.7. The predicted octanol–water partition coefficient (Wildman–Crippen LogP) is 4.40. The Bertz CT molecular complexity index is 794. The maximum Gasteiger partial charge on any atom is 0.337 e. The number of esters is 2. The van der Waals surface area contributed by atoms with E-state index >= 15 is 0 Å². The number of carbonyl (C=O) groups excluding carboxylic acids is 2. The SMILES string of the molecule is COC(=O)c1cc(N=C/C(Br)=C/c2ccccc2)cc(C(=O)OC)c1. The normalized spacial score (nSPS) is 11.4. The summed E-state index contributed by atoms with van der Waals surface area (Å²) < 4.78 is 10.1. The number of ether oxygens (including phenoxy) is 2. The average Bonchev–Trinajstić information content (AvgIpc) is 2.65. The standard InChI is InChI=1S/C19H16BrNO4/c1-24-18(22)14-9-15(19(23)25-2)11-17(10-14)21-12-16(20)8-13-6-4-3-5-7-13/h3-12H,1-2H3/b16-8-,21-12?. The van der Waals surface area contributed by atoms with Crippen LogP contribution in [0.4, 0.5) is 5.69 Å². The Kier molecular flexibility index (Phi) is 6.65. The van der Waals surface area contributed by atoms with Crippen LogP contribution in [0.1, 0.15) is 26.3 Å². The fourth-order valence-electron chi connectivity index (χ4n) is 2.04. The number of nitrogens with zero attached hydrogens (tertiary/aromatic N) is 1. The van der Waals surface area contributed by atoms with Gasteiger partial charge in [0.15, 0.2) is 0 Å². The number of allylic oxidation sites excluding steroid dienone is 1. The average molecular weight is 402 g/mol. The maximum atomic E-state index is 11.8. The lowest BCUT2D eigenvalue weighted by Gasteiger charge is -2.05. The zero-order valence-corrected chi connectivity index (χ0v) is 15.3. The number of rotatable bonds is 5. The lowest BCUT2D eigenvalue weighted by atomic mass is 10.1. The van der Waals surface area contributed by atoms with E-state index in [2.05, 4.69) is 20.9 Å². The number of hydrogen-bond donors (Lipinski definition) is 0. The number of aliphatic imine (C=N–C) groups is 1. The molecule has 0 heterocycles. The van der Waals surface area contributed by atoms with E-state index in [0.29, 0.717) is 5.69 Å². The number of benzene rings is 2. The van der Waals surface area contributed by atoms with E-state index in [4.69, 9.17) is 9.47 Å². The number of carbonyl (C=O) groups is 2. The first-order valence-corrected chi connectivity index (χ1v) is 8.11. The second-order valence-corrected chi connectivity index (χ2v) is 5.87. The van der Waals surface area contributed by atoms with Gasteiger partial charge in [-0.15, -0.1) is 0 Å². The van der Waals surface area contributed by atoms with E-state index in [1.54, 1.807) is 6.21 Å². The number of methoxy groups -OCH3 is 2. The molecular weight excluding hydrogens is 386 g/mol. The minimum atomic E-state index is -0.555. The molecule has 0 fully saturated rings. The third-order valence-electron chi connectivity index (χ3n) is 3.20. The molecule has 6 heteroatoms. The van der Waals surface area contributed by atoms with Gasteiger partial charge in [0.25, 0.3) is 0 Å². The first-order chi connectivity index (χ1) is 12.0. The topological polar surface area (TPSA) is 65.0 Å². The van der Waals surface area contributed by atoms with E-state index in [1.165, 1.54) is 32.4 Å². The summed E-state index contributed by atoms with van der Waals surface area (Å²) in [4.78, 5) is 27.8. The van der Waals surface area contributed by atoms with Crippen molar-refractivity contribution in [3.05, 3.63) is 69.7 Å². The Hall–Kier alpha value is -2.73. The molecule has 0 bridgehead atoms. The van der Waals surface area contributed by atoms with Gasteiger partial charge in [-0.05, 0) is 45.8 Å². The molecule has 0 saturated carbocycles. The summed E-state index contributed by atoms with van der Waals surface area (Å²) in [6, 6.07) is 14.2. The largest absolute Gasteiger partial charge is 0.465 e. The Morgan fingerprint density at radius 3 is 2.04 bits per heavy atom. The summed E-state index contributed by atoms with van der Waals surface area (Å²) in [6.45, 7) is 0. The first kappa shape index (κ1) is 18.6. The van der Waals surface area contributed by atoms with Crippen molar-refractivity contribution in [1.29, 1.82) is 0 Å². The van der Waals surface area contributed by atoms with Crippen LogP contribution in [0.2, 0.25) is 0 Å². The van der Waals surface area contributed by atoms with Crippen LogP contribution in [0, 0.1) is 0 Å². The van der Waals surface area contributed by atoms with Gasteiger partial charge in [0.1, 0.15) is 0 Å². The highest BCUT2D eigenvalue weighted by atomic mass is 79.9. The van der Waals surface area contributed by atoms with Crippen molar-refractivity contribution in [3.63, 3.8) is 0 Å². The van der Waals surface area contributed by atoms with E-state index in [-0.39, 0.29) is 11.1 Å². The smallest absolute Gasteiger partial charge is 0.337 e. The highest BCUT2D eigenvalue weighted by molar-refractivity contribution is 9.12. The van der Waals surface area contributed by atoms with Crippen molar-refractivity contribution in [2.75, 3.05) is 14.2 Å². The molecule has 0 aromatic heterocycles. The Labute approximate surface area is 154 Å². The van der Waals surface area contributed by atoms with Crippen LogP contribution in [0.3, 0.4) is 0 Å². The van der Waals surface area contributed by atoms with Gasteiger partial charge < -0.3 is 9.47 Å². The number of hydrogen-bond acceptors (Lipinski definition) is 5. The van der Waals surface area contributed by atoms with Gasteiger partial charge in [-0.25, -0.2) is 9.59 Å². The molecule has 5 nitrogen and oxygen atoms in total. The summed E-state index contributed by atoms with van der Waals surface area (Å²) in [7, 11) is 2.55. The minimum absolute atomic E-state index is 0.223. The van der Waals surface area contributed by atoms with E-state index in [0.717, 1.165) is 10.0 Å². The van der Waals surface area contributed by atoms with E-state index in [9.17, 15) is 9.59 Å². The molecule has 0 saturated heterocycles. The molecule has 0 spiro atoms. The predicted molar refractivity (Wildman–Crippen MR) is 101 cm³/mol. The van der Waals surface area contributed by atoms with Gasteiger partial charge in [-0.1, -0.05) is 30.3 Å². The van der Waals surface area contributed by atoms with Crippen LogP contribution in [-0.2, 0) is 9.47 Å². The fourth-order valence-corrected chi connectivity index (χ4v) is 2.41. The molecule has 0 aliphatic rings. The first-order valence-electron chi connectivity index (χ1n) is 7.31. The van der Waals surface area contributed by atoms with Gasteiger partial charge in [-0.3, -0.25) is 4.99 Å². The van der Waals surface area contributed by atoms with Crippen LogP contribution in [-0.4, -0.2) is 32.4 Å². The van der Waals surface area contributed by atoms with Crippen LogP contribution < -0.4 is 0 Å². The third kappa shape index (κ3) is 5.39. The molecule has 2 aromatic rings. The van der Waals surface area contributed by atoms with Crippen molar-refractivity contribution in [2.24, 2.45) is 4.99 Å². The quantitative estimate of drug-likeness (QED) is 0.550. The summed E-state index contributed by atoms with van der Waals surface area (Å²) in [6.07, 6.45) is 3.49. The molecule has 0 amide bonds. The van der Waals surface area contributed by atoms with Crippen molar-refractivity contribution in [1.82, 2.24) is 0 Å². The molecule has 0 aliphatic carbocycles. The summed E-state index contributed by atoms with van der Waals surface area (Å²) >= 11 is 3.42. The Morgan fingerprint density at radius 2 is 1.52 bits per heavy atom. The Morgan fingerprint density at radius 1 is 0.960 bits per heavy atom. The van der Waals surface area contributed by atoms with Gasteiger partial charge in [0.2, 0.25) is 0 Å². The molecule has 0 radical (unpaired) electrons. The molecular formula is C19H16BrNO4. The third-order valence-corrected chi connectivity index (χ3v) is 3.63. The van der Waals surface area contributed by atoms with Gasteiger partial charge >= 0.3 is 11.9 Å². The molecule has 0 aliphatic heterocycles. The molecule has 128 valence electrons. The van der Waals surface area contributed by atoms with Gasteiger partial charge in [0.05, 0.1) is 31.0 Å².